The molecule has 3 amide bonds. The van der Waals surface area contributed by atoms with Crippen molar-refractivity contribution in [1.82, 2.24) is 15.5 Å². The highest BCUT2D eigenvalue weighted by Gasteiger charge is 2.19. The maximum absolute atomic E-state index is 12.6. The van der Waals surface area contributed by atoms with Gasteiger partial charge in [-0.2, -0.15) is 0 Å². The standard InChI is InChI=1S/C21H23N3O6/c25-18(22-12-20(27)28)14-24(13-16-7-3-1-4-8-16)19(26)11-23-21(29)30-15-17-9-5-2-6-10-17/h1-10H,11-15H2,(H,22,25)(H,23,29)(H,27,28). The zero-order chi connectivity index (χ0) is 21.8. The summed E-state index contributed by atoms with van der Waals surface area (Å²) in [5.74, 6) is -2.32. The molecular formula is C21H23N3O6. The molecule has 0 unspecified atom stereocenters. The van der Waals surface area contributed by atoms with Crippen LogP contribution in [0.1, 0.15) is 11.1 Å². The first-order chi connectivity index (χ1) is 14.4. The number of benzene rings is 2. The van der Waals surface area contributed by atoms with Crippen molar-refractivity contribution >= 4 is 23.9 Å². The molecule has 0 aliphatic heterocycles. The summed E-state index contributed by atoms with van der Waals surface area (Å²) in [5, 5.41) is 13.2. The molecule has 0 heterocycles. The average Bonchev–Trinajstić information content (AvgIpc) is 2.75. The molecule has 0 aromatic heterocycles. The van der Waals surface area contributed by atoms with Crippen molar-refractivity contribution in [2.24, 2.45) is 0 Å². The largest absolute Gasteiger partial charge is 0.480 e. The molecule has 158 valence electrons. The Morgan fingerprint density at radius 1 is 0.833 bits per heavy atom. The van der Waals surface area contributed by atoms with Gasteiger partial charge in [-0.05, 0) is 11.1 Å². The number of rotatable bonds is 10. The molecule has 0 radical (unpaired) electrons. The maximum Gasteiger partial charge on any atom is 0.407 e. The van der Waals surface area contributed by atoms with Crippen LogP contribution in [0.25, 0.3) is 0 Å². The predicted octanol–water partition coefficient (Wildman–Crippen LogP) is 1.14. The summed E-state index contributed by atoms with van der Waals surface area (Å²) in [7, 11) is 0. The Morgan fingerprint density at radius 3 is 2.03 bits per heavy atom. The number of aliphatic carboxylic acids is 1. The first-order valence-electron chi connectivity index (χ1n) is 9.19. The van der Waals surface area contributed by atoms with E-state index in [9.17, 15) is 19.2 Å². The van der Waals surface area contributed by atoms with Crippen LogP contribution in [-0.4, -0.2) is 53.5 Å². The van der Waals surface area contributed by atoms with Gasteiger partial charge in [0.15, 0.2) is 0 Å². The highest BCUT2D eigenvalue weighted by atomic mass is 16.5. The summed E-state index contributed by atoms with van der Waals surface area (Å²) in [6.07, 6.45) is -0.762. The second-order valence-electron chi connectivity index (χ2n) is 6.32. The second-order valence-corrected chi connectivity index (χ2v) is 6.32. The molecule has 0 aliphatic rings. The molecular weight excluding hydrogens is 390 g/mol. The molecule has 3 N–H and O–H groups in total. The van der Waals surface area contributed by atoms with Crippen LogP contribution in [0.5, 0.6) is 0 Å². The molecule has 0 atom stereocenters. The Hall–Kier alpha value is -3.88. The second kappa shape index (κ2) is 11.8. The fraction of sp³-hybridized carbons (Fsp3) is 0.238. The van der Waals surface area contributed by atoms with E-state index in [0.717, 1.165) is 11.1 Å². The van der Waals surface area contributed by atoms with Gasteiger partial charge in [0.05, 0.1) is 6.54 Å². The van der Waals surface area contributed by atoms with Gasteiger partial charge in [0.25, 0.3) is 0 Å². The molecule has 30 heavy (non-hydrogen) atoms. The van der Waals surface area contributed by atoms with Crippen LogP contribution in [0, 0.1) is 0 Å². The van der Waals surface area contributed by atoms with Gasteiger partial charge in [0.1, 0.15) is 19.7 Å². The van der Waals surface area contributed by atoms with Crippen molar-refractivity contribution < 1.29 is 29.0 Å². The van der Waals surface area contributed by atoms with Crippen molar-refractivity contribution in [3.8, 4) is 0 Å². The molecule has 2 rings (SSSR count). The van der Waals surface area contributed by atoms with Crippen LogP contribution in [0.4, 0.5) is 4.79 Å². The number of alkyl carbamates (subject to hydrolysis) is 1. The van der Waals surface area contributed by atoms with Gasteiger partial charge < -0.3 is 25.4 Å². The quantitative estimate of drug-likeness (QED) is 0.536. The first kappa shape index (κ1) is 22.4. The van der Waals surface area contributed by atoms with Gasteiger partial charge in [-0.1, -0.05) is 60.7 Å². The van der Waals surface area contributed by atoms with E-state index in [2.05, 4.69) is 10.6 Å². The number of hydrogen-bond donors (Lipinski definition) is 3. The lowest BCUT2D eigenvalue weighted by Gasteiger charge is -2.22. The van der Waals surface area contributed by atoms with Gasteiger partial charge >= 0.3 is 12.1 Å². The zero-order valence-corrected chi connectivity index (χ0v) is 16.2. The van der Waals surface area contributed by atoms with Gasteiger partial charge in [0, 0.05) is 6.54 Å². The predicted molar refractivity (Wildman–Crippen MR) is 107 cm³/mol. The fourth-order valence-electron chi connectivity index (χ4n) is 2.47. The van der Waals surface area contributed by atoms with E-state index in [1.54, 1.807) is 36.4 Å². The van der Waals surface area contributed by atoms with Crippen LogP contribution < -0.4 is 10.6 Å². The van der Waals surface area contributed by atoms with Crippen molar-refractivity contribution in [3.05, 3.63) is 71.8 Å². The number of hydrogen-bond acceptors (Lipinski definition) is 5. The normalized spacial score (nSPS) is 10.0. The van der Waals surface area contributed by atoms with Crippen molar-refractivity contribution in [3.63, 3.8) is 0 Å². The highest BCUT2D eigenvalue weighted by Crippen LogP contribution is 2.05. The summed E-state index contributed by atoms with van der Waals surface area (Å²) < 4.78 is 5.06. The van der Waals surface area contributed by atoms with Gasteiger partial charge in [-0.3, -0.25) is 14.4 Å². The molecule has 9 nitrogen and oxygen atoms in total. The van der Waals surface area contributed by atoms with E-state index >= 15 is 0 Å². The van der Waals surface area contributed by atoms with Crippen LogP contribution in [0.15, 0.2) is 60.7 Å². The topological polar surface area (TPSA) is 125 Å². The highest BCUT2D eigenvalue weighted by molar-refractivity contribution is 5.88. The molecule has 2 aromatic rings. The third-order valence-electron chi connectivity index (χ3n) is 3.94. The van der Waals surface area contributed by atoms with E-state index in [1.165, 1.54) is 4.90 Å². The lowest BCUT2D eigenvalue weighted by Crippen LogP contribution is -2.45. The molecule has 0 bridgehead atoms. The van der Waals surface area contributed by atoms with Gasteiger partial charge in [-0.25, -0.2) is 4.79 Å². The SMILES string of the molecule is O=C(O)CNC(=O)CN(Cc1ccccc1)C(=O)CNC(=O)OCc1ccccc1. The zero-order valence-electron chi connectivity index (χ0n) is 16.2. The molecule has 0 fully saturated rings. The van der Waals surface area contributed by atoms with E-state index < -0.39 is 30.4 Å². The average molecular weight is 413 g/mol. The monoisotopic (exact) mass is 413 g/mol. The summed E-state index contributed by atoms with van der Waals surface area (Å²) in [6.45, 7) is -1.07. The molecule has 9 heteroatoms. The number of nitrogens with zero attached hydrogens (tertiary/aromatic N) is 1. The Kier molecular flexibility index (Phi) is 8.85. The molecule has 0 aliphatic carbocycles. The van der Waals surface area contributed by atoms with E-state index in [1.807, 2.05) is 24.3 Å². The Bertz CT molecular complexity index is 858. The maximum atomic E-state index is 12.6. The van der Waals surface area contributed by atoms with Crippen LogP contribution >= 0.6 is 0 Å². The minimum absolute atomic E-state index is 0.0617. The number of ether oxygens (including phenoxy) is 1. The number of carboxylic acids is 1. The lowest BCUT2D eigenvalue weighted by molar-refractivity contribution is -0.139. The number of carboxylic acid groups (broad SMARTS) is 1. The molecule has 0 spiro atoms. The smallest absolute Gasteiger partial charge is 0.407 e. The number of carbonyl (C=O) groups is 4. The van der Waals surface area contributed by atoms with Crippen molar-refractivity contribution in [1.29, 1.82) is 0 Å². The van der Waals surface area contributed by atoms with Crippen LogP contribution in [0.2, 0.25) is 0 Å². The minimum Gasteiger partial charge on any atom is -0.480 e. The van der Waals surface area contributed by atoms with E-state index in [0.29, 0.717) is 0 Å². The number of amides is 3. The van der Waals surface area contributed by atoms with Crippen LogP contribution in [0.3, 0.4) is 0 Å². The summed E-state index contributed by atoms with van der Waals surface area (Å²) in [4.78, 5) is 48.2. The lowest BCUT2D eigenvalue weighted by atomic mass is 10.2. The number of carbonyl (C=O) groups excluding carboxylic acids is 3. The third-order valence-corrected chi connectivity index (χ3v) is 3.94. The summed E-state index contributed by atoms with van der Waals surface area (Å²) in [6, 6.07) is 18.1. The molecule has 0 saturated carbocycles. The minimum atomic E-state index is -1.19. The van der Waals surface area contributed by atoms with Crippen molar-refractivity contribution in [2.45, 2.75) is 13.2 Å². The van der Waals surface area contributed by atoms with Gasteiger partial charge in [0.2, 0.25) is 11.8 Å². The van der Waals surface area contributed by atoms with Crippen molar-refractivity contribution in [2.75, 3.05) is 19.6 Å². The number of nitrogens with one attached hydrogen (secondary N) is 2. The Morgan fingerprint density at radius 2 is 1.43 bits per heavy atom. The van der Waals surface area contributed by atoms with E-state index in [4.69, 9.17) is 9.84 Å². The molecule has 2 aromatic carbocycles. The summed E-state index contributed by atoms with van der Waals surface area (Å²) in [5.41, 5.74) is 1.59. The van der Waals surface area contributed by atoms with E-state index in [-0.39, 0.29) is 26.2 Å². The fourth-order valence-corrected chi connectivity index (χ4v) is 2.47. The van der Waals surface area contributed by atoms with Crippen LogP contribution in [-0.2, 0) is 32.3 Å². The first-order valence-corrected chi connectivity index (χ1v) is 9.19. The summed E-state index contributed by atoms with van der Waals surface area (Å²) >= 11 is 0. The molecule has 0 saturated heterocycles. The Labute approximate surface area is 173 Å². The Balaban J connectivity index is 1.89. The third kappa shape index (κ3) is 8.42. The van der Waals surface area contributed by atoms with Gasteiger partial charge in [-0.15, -0.1) is 0 Å².